The smallest absolute Gasteiger partial charge is 0.212 e. The predicted octanol–water partition coefficient (Wildman–Crippen LogP) is 2.99. The Bertz CT molecular complexity index is 580. The number of halogens is 2. The molecule has 0 N–H and O–H groups in total. The molecular formula is C13H17ClFNO2S2. The Balaban J connectivity index is 2.06. The lowest BCUT2D eigenvalue weighted by atomic mass is 10.2. The normalized spacial score (nSPS) is 20.4. The molecule has 0 unspecified atom stereocenters. The summed E-state index contributed by atoms with van der Waals surface area (Å²) in [6.45, 7) is 1.15. The monoisotopic (exact) mass is 337 g/mol. The highest BCUT2D eigenvalue weighted by atomic mass is 35.5. The largest absolute Gasteiger partial charge is 0.218 e. The van der Waals surface area contributed by atoms with Gasteiger partial charge in [-0.25, -0.2) is 17.1 Å². The molecule has 0 aromatic heterocycles. The third kappa shape index (κ3) is 3.87. The molecule has 1 atom stereocenters. The van der Waals surface area contributed by atoms with E-state index in [2.05, 4.69) is 0 Å². The second-order valence-electron chi connectivity index (χ2n) is 4.97. The number of hydrogen-bond acceptors (Lipinski definition) is 3. The minimum atomic E-state index is -3.35. The average molecular weight is 338 g/mol. The van der Waals surface area contributed by atoms with E-state index in [4.69, 9.17) is 11.6 Å². The summed E-state index contributed by atoms with van der Waals surface area (Å²) in [6.07, 6.45) is 2.93. The van der Waals surface area contributed by atoms with Crippen LogP contribution in [0.25, 0.3) is 0 Å². The number of rotatable bonds is 5. The van der Waals surface area contributed by atoms with Crippen LogP contribution in [0.2, 0.25) is 5.02 Å². The van der Waals surface area contributed by atoms with Gasteiger partial charge in [0.05, 0.1) is 10.8 Å². The summed E-state index contributed by atoms with van der Waals surface area (Å²) in [5, 5.41) is -0.0422. The first-order valence-corrected chi connectivity index (χ1v) is 9.71. The molecular weight excluding hydrogens is 321 g/mol. The zero-order chi connectivity index (χ0) is 14.8. The highest BCUT2D eigenvalue weighted by molar-refractivity contribution is 7.98. The van der Waals surface area contributed by atoms with Crippen molar-refractivity contribution < 1.29 is 12.8 Å². The van der Waals surface area contributed by atoms with Crippen molar-refractivity contribution in [3.63, 3.8) is 0 Å². The van der Waals surface area contributed by atoms with E-state index in [1.165, 1.54) is 22.5 Å². The molecule has 1 saturated heterocycles. The standard InChI is InChI=1S/C13H17ClFNO2S2/c1-19-8-11-4-5-16(7-11)20(17,18)9-10-2-3-13(15)12(14)6-10/h2-3,6,11H,4-5,7-9H2,1H3/t11-/m1/s1. The van der Waals surface area contributed by atoms with Crippen LogP contribution >= 0.6 is 23.4 Å². The molecule has 1 heterocycles. The molecule has 0 amide bonds. The van der Waals surface area contributed by atoms with Gasteiger partial charge in [-0.3, -0.25) is 0 Å². The van der Waals surface area contributed by atoms with Crippen LogP contribution < -0.4 is 0 Å². The molecule has 0 aliphatic carbocycles. The lowest BCUT2D eigenvalue weighted by Crippen LogP contribution is -2.30. The molecule has 1 aromatic carbocycles. The zero-order valence-corrected chi connectivity index (χ0v) is 13.6. The second kappa shape index (κ2) is 6.64. The van der Waals surface area contributed by atoms with Gasteiger partial charge in [0.25, 0.3) is 0 Å². The van der Waals surface area contributed by atoms with Crippen molar-refractivity contribution >= 4 is 33.4 Å². The minimum absolute atomic E-state index is 0.0422. The Morgan fingerprint density at radius 2 is 2.25 bits per heavy atom. The van der Waals surface area contributed by atoms with Crippen LogP contribution in [0.4, 0.5) is 4.39 Å². The van der Waals surface area contributed by atoms with Crippen molar-refractivity contribution in [2.75, 3.05) is 25.1 Å². The number of sulfonamides is 1. The van der Waals surface area contributed by atoms with E-state index in [0.717, 1.165) is 12.2 Å². The highest BCUT2D eigenvalue weighted by Crippen LogP contribution is 2.25. The van der Waals surface area contributed by atoms with Crippen molar-refractivity contribution in [1.29, 1.82) is 0 Å². The van der Waals surface area contributed by atoms with E-state index in [9.17, 15) is 12.8 Å². The van der Waals surface area contributed by atoms with E-state index >= 15 is 0 Å². The topological polar surface area (TPSA) is 37.4 Å². The Morgan fingerprint density at radius 1 is 1.50 bits per heavy atom. The summed E-state index contributed by atoms with van der Waals surface area (Å²) in [6, 6.07) is 4.05. The molecule has 3 nitrogen and oxygen atoms in total. The van der Waals surface area contributed by atoms with Crippen molar-refractivity contribution in [2.45, 2.75) is 12.2 Å². The van der Waals surface area contributed by atoms with E-state index in [-0.39, 0.29) is 10.8 Å². The summed E-state index contributed by atoms with van der Waals surface area (Å²) < 4.78 is 39.3. The Labute approximate surface area is 128 Å². The van der Waals surface area contributed by atoms with Crippen LogP contribution in [0, 0.1) is 11.7 Å². The molecule has 1 aliphatic rings. The first-order chi connectivity index (χ1) is 9.42. The maximum Gasteiger partial charge on any atom is 0.218 e. The average Bonchev–Trinajstić information content (AvgIpc) is 2.83. The van der Waals surface area contributed by atoms with Gasteiger partial charge >= 0.3 is 0 Å². The molecule has 0 radical (unpaired) electrons. The van der Waals surface area contributed by atoms with Gasteiger partial charge in [0.15, 0.2) is 0 Å². The SMILES string of the molecule is CSC[C@@H]1CCN(S(=O)(=O)Cc2ccc(F)c(Cl)c2)C1. The third-order valence-corrected chi connectivity index (χ3v) is 6.29. The van der Waals surface area contributed by atoms with Gasteiger partial charge in [0, 0.05) is 13.1 Å². The summed E-state index contributed by atoms with van der Waals surface area (Å²) in [7, 11) is -3.35. The van der Waals surface area contributed by atoms with Gasteiger partial charge in [-0.2, -0.15) is 11.8 Å². The lowest BCUT2D eigenvalue weighted by molar-refractivity contribution is 0.465. The fourth-order valence-electron chi connectivity index (χ4n) is 2.35. The fraction of sp³-hybridized carbons (Fsp3) is 0.538. The van der Waals surface area contributed by atoms with Gasteiger partial charge in [-0.1, -0.05) is 17.7 Å². The molecule has 1 aliphatic heterocycles. The first-order valence-electron chi connectivity index (χ1n) is 6.33. The van der Waals surface area contributed by atoms with Crippen LogP contribution in [-0.2, 0) is 15.8 Å². The van der Waals surface area contributed by atoms with Gasteiger partial charge in [-0.05, 0) is 42.0 Å². The molecule has 1 fully saturated rings. The van der Waals surface area contributed by atoms with Gasteiger partial charge in [0.2, 0.25) is 10.0 Å². The van der Waals surface area contributed by atoms with Gasteiger partial charge < -0.3 is 0 Å². The fourth-order valence-corrected chi connectivity index (χ4v) is 4.90. The van der Waals surface area contributed by atoms with Crippen LogP contribution in [0.1, 0.15) is 12.0 Å². The molecule has 0 saturated carbocycles. The maximum absolute atomic E-state index is 13.1. The molecule has 2 rings (SSSR count). The third-order valence-electron chi connectivity index (χ3n) is 3.38. The first kappa shape index (κ1) is 16.1. The molecule has 7 heteroatoms. The van der Waals surface area contributed by atoms with Crippen LogP contribution in [0.5, 0.6) is 0 Å². The minimum Gasteiger partial charge on any atom is -0.212 e. The van der Waals surface area contributed by atoms with E-state index < -0.39 is 15.8 Å². The van der Waals surface area contributed by atoms with E-state index in [1.807, 2.05) is 6.26 Å². The molecule has 0 bridgehead atoms. The molecule has 1 aromatic rings. The number of thioether (sulfide) groups is 1. The van der Waals surface area contributed by atoms with Crippen molar-refractivity contribution in [1.82, 2.24) is 4.31 Å². The Hall–Kier alpha value is -0.300. The predicted molar refractivity (Wildman–Crippen MR) is 82.1 cm³/mol. The quantitative estimate of drug-likeness (QED) is 0.829. The van der Waals surface area contributed by atoms with Crippen LogP contribution in [0.15, 0.2) is 18.2 Å². The highest BCUT2D eigenvalue weighted by Gasteiger charge is 2.31. The lowest BCUT2D eigenvalue weighted by Gasteiger charge is -2.16. The molecule has 0 spiro atoms. The van der Waals surface area contributed by atoms with Gasteiger partial charge in [-0.15, -0.1) is 0 Å². The number of benzene rings is 1. The van der Waals surface area contributed by atoms with Crippen molar-refractivity contribution in [2.24, 2.45) is 5.92 Å². The summed E-state index contributed by atoms with van der Waals surface area (Å²) in [5.41, 5.74) is 0.518. The second-order valence-corrected chi connectivity index (χ2v) is 8.26. The summed E-state index contributed by atoms with van der Waals surface area (Å²) in [5.74, 6) is 0.749. The summed E-state index contributed by atoms with van der Waals surface area (Å²) in [4.78, 5) is 0. The molecule has 20 heavy (non-hydrogen) atoms. The summed E-state index contributed by atoms with van der Waals surface area (Å²) >= 11 is 7.42. The zero-order valence-electron chi connectivity index (χ0n) is 11.2. The van der Waals surface area contributed by atoms with Crippen LogP contribution in [-0.4, -0.2) is 37.8 Å². The molecule has 112 valence electrons. The van der Waals surface area contributed by atoms with E-state index in [0.29, 0.717) is 24.6 Å². The maximum atomic E-state index is 13.1. The number of hydrogen-bond donors (Lipinski definition) is 0. The Morgan fingerprint density at radius 3 is 2.90 bits per heavy atom. The van der Waals surface area contributed by atoms with Crippen molar-refractivity contribution in [3.05, 3.63) is 34.6 Å². The Kier molecular flexibility index (Phi) is 5.34. The van der Waals surface area contributed by atoms with E-state index in [1.54, 1.807) is 11.8 Å². The van der Waals surface area contributed by atoms with Crippen LogP contribution in [0.3, 0.4) is 0 Å². The van der Waals surface area contributed by atoms with Crippen molar-refractivity contribution in [3.8, 4) is 0 Å². The van der Waals surface area contributed by atoms with Gasteiger partial charge in [0.1, 0.15) is 5.82 Å². The number of nitrogens with zero attached hydrogens (tertiary/aromatic N) is 1.